The summed E-state index contributed by atoms with van der Waals surface area (Å²) in [6.07, 6.45) is -1.23. The molecule has 2 N–H and O–H groups in total. The van der Waals surface area contributed by atoms with E-state index in [9.17, 15) is 13.2 Å². The molecule has 2 aromatic rings. The standard InChI is InChI=1S/C20H26F3N5O/c1-14-3-5-15(6-4-14)18-26-17(12-29-18)7-9-25-19(24-2)27-16-8-10-28(11-16)13-20(21,22)23/h3-6,12,16H,7-11,13H2,1-2H3,(H2,24,25,27). The van der Waals surface area contributed by atoms with Gasteiger partial charge in [0.2, 0.25) is 5.89 Å². The summed E-state index contributed by atoms with van der Waals surface area (Å²) in [4.78, 5) is 10.1. The smallest absolute Gasteiger partial charge is 0.401 e. The zero-order valence-electron chi connectivity index (χ0n) is 16.6. The lowest BCUT2D eigenvalue weighted by atomic mass is 10.1. The lowest BCUT2D eigenvalue weighted by Crippen LogP contribution is -2.45. The molecule has 0 saturated carbocycles. The highest BCUT2D eigenvalue weighted by Gasteiger charge is 2.34. The van der Waals surface area contributed by atoms with Crippen LogP contribution in [0.2, 0.25) is 0 Å². The summed E-state index contributed by atoms with van der Waals surface area (Å²) in [5.74, 6) is 1.16. The summed E-state index contributed by atoms with van der Waals surface area (Å²) in [5, 5.41) is 6.37. The van der Waals surface area contributed by atoms with Crippen molar-refractivity contribution in [2.75, 3.05) is 33.2 Å². The van der Waals surface area contributed by atoms with Crippen LogP contribution in [0.3, 0.4) is 0 Å². The van der Waals surface area contributed by atoms with Gasteiger partial charge in [-0.25, -0.2) is 4.98 Å². The molecule has 1 fully saturated rings. The SMILES string of the molecule is CN=C(NCCc1coc(-c2ccc(C)cc2)n1)NC1CCN(CC(F)(F)F)C1. The molecule has 0 amide bonds. The Labute approximate surface area is 168 Å². The van der Waals surface area contributed by atoms with Gasteiger partial charge in [-0.1, -0.05) is 17.7 Å². The zero-order chi connectivity index (χ0) is 20.9. The summed E-state index contributed by atoms with van der Waals surface area (Å²) < 4.78 is 43.1. The van der Waals surface area contributed by atoms with Gasteiger partial charge in [-0.3, -0.25) is 9.89 Å². The van der Waals surface area contributed by atoms with Crippen LogP contribution in [0.15, 0.2) is 39.9 Å². The number of likely N-dealkylation sites (tertiary alicyclic amines) is 1. The number of aromatic nitrogens is 1. The normalized spacial score (nSPS) is 18.2. The van der Waals surface area contributed by atoms with Crippen molar-refractivity contribution in [3.63, 3.8) is 0 Å². The average Bonchev–Trinajstić information content (AvgIpc) is 3.30. The quantitative estimate of drug-likeness (QED) is 0.567. The van der Waals surface area contributed by atoms with E-state index in [-0.39, 0.29) is 6.04 Å². The third kappa shape index (κ3) is 6.49. The topological polar surface area (TPSA) is 65.7 Å². The van der Waals surface area contributed by atoms with Gasteiger partial charge in [0, 0.05) is 44.7 Å². The summed E-state index contributed by atoms with van der Waals surface area (Å²) in [6, 6.07) is 7.91. The van der Waals surface area contributed by atoms with Gasteiger partial charge in [-0.2, -0.15) is 13.2 Å². The number of hydrogen-bond acceptors (Lipinski definition) is 4. The first-order valence-corrected chi connectivity index (χ1v) is 9.60. The maximum atomic E-state index is 12.5. The summed E-state index contributed by atoms with van der Waals surface area (Å²) in [5.41, 5.74) is 2.92. The van der Waals surface area contributed by atoms with Crippen molar-refractivity contribution >= 4 is 5.96 Å². The van der Waals surface area contributed by atoms with Crippen LogP contribution in [0.5, 0.6) is 0 Å². The van der Waals surface area contributed by atoms with Crippen LogP contribution in [0, 0.1) is 6.92 Å². The number of benzene rings is 1. The van der Waals surface area contributed by atoms with Crippen LogP contribution < -0.4 is 10.6 Å². The minimum absolute atomic E-state index is 0.0521. The molecule has 1 unspecified atom stereocenters. The van der Waals surface area contributed by atoms with E-state index >= 15 is 0 Å². The van der Waals surface area contributed by atoms with Crippen molar-refractivity contribution in [2.24, 2.45) is 4.99 Å². The second-order valence-corrected chi connectivity index (χ2v) is 7.24. The Kier molecular flexibility index (Phi) is 6.79. The van der Waals surface area contributed by atoms with E-state index in [1.165, 1.54) is 10.5 Å². The molecule has 0 radical (unpaired) electrons. The lowest BCUT2D eigenvalue weighted by molar-refractivity contribution is -0.143. The van der Waals surface area contributed by atoms with Crippen molar-refractivity contribution in [1.82, 2.24) is 20.5 Å². The van der Waals surface area contributed by atoms with Gasteiger partial charge in [-0.05, 0) is 25.5 Å². The first-order valence-electron chi connectivity index (χ1n) is 9.60. The molecule has 1 aliphatic rings. The Hall–Kier alpha value is -2.55. The molecule has 6 nitrogen and oxygen atoms in total. The van der Waals surface area contributed by atoms with Crippen LogP contribution in [0.1, 0.15) is 17.7 Å². The minimum Gasteiger partial charge on any atom is -0.444 e. The van der Waals surface area contributed by atoms with Gasteiger partial charge >= 0.3 is 6.18 Å². The highest BCUT2D eigenvalue weighted by atomic mass is 19.4. The van der Waals surface area contributed by atoms with E-state index in [0.29, 0.717) is 44.3 Å². The number of aliphatic imine (C=N–C) groups is 1. The van der Waals surface area contributed by atoms with Gasteiger partial charge in [0.15, 0.2) is 5.96 Å². The van der Waals surface area contributed by atoms with Crippen molar-refractivity contribution in [2.45, 2.75) is 32.0 Å². The largest absolute Gasteiger partial charge is 0.444 e. The zero-order valence-corrected chi connectivity index (χ0v) is 16.6. The van der Waals surface area contributed by atoms with E-state index in [1.807, 2.05) is 31.2 Å². The molecule has 1 saturated heterocycles. The average molecular weight is 409 g/mol. The molecule has 1 aromatic carbocycles. The van der Waals surface area contributed by atoms with Crippen LogP contribution in [0.25, 0.3) is 11.5 Å². The van der Waals surface area contributed by atoms with Crippen molar-refractivity contribution < 1.29 is 17.6 Å². The number of aryl methyl sites for hydroxylation is 1. The highest BCUT2D eigenvalue weighted by Crippen LogP contribution is 2.20. The van der Waals surface area contributed by atoms with Gasteiger partial charge in [-0.15, -0.1) is 0 Å². The molecule has 158 valence electrons. The first kappa shape index (κ1) is 21.2. The number of halogens is 3. The van der Waals surface area contributed by atoms with Gasteiger partial charge in [0.25, 0.3) is 0 Å². The van der Waals surface area contributed by atoms with E-state index in [4.69, 9.17) is 4.42 Å². The van der Waals surface area contributed by atoms with Crippen LogP contribution >= 0.6 is 0 Å². The molecular formula is C20H26F3N5O. The van der Waals surface area contributed by atoms with Crippen molar-refractivity contribution in [3.8, 4) is 11.5 Å². The molecular weight excluding hydrogens is 383 g/mol. The Morgan fingerprint density at radius 1 is 1.31 bits per heavy atom. The molecule has 3 rings (SSSR count). The third-order valence-corrected chi connectivity index (χ3v) is 4.76. The molecule has 9 heteroatoms. The van der Waals surface area contributed by atoms with Crippen molar-refractivity contribution in [1.29, 1.82) is 0 Å². The second-order valence-electron chi connectivity index (χ2n) is 7.24. The summed E-state index contributed by atoms with van der Waals surface area (Å²) in [7, 11) is 1.64. The number of rotatable bonds is 6. The maximum Gasteiger partial charge on any atom is 0.401 e. The Bertz CT molecular complexity index is 816. The Balaban J connectivity index is 1.43. The van der Waals surface area contributed by atoms with Crippen LogP contribution in [-0.2, 0) is 6.42 Å². The Morgan fingerprint density at radius 3 is 2.76 bits per heavy atom. The number of nitrogens with one attached hydrogen (secondary N) is 2. The van der Waals surface area contributed by atoms with Crippen LogP contribution in [0.4, 0.5) is 13.2 Å². The summed E-state index contributed by atoms with van der Waals surface area (Å²) >= 11 is 0. The molecule has 2 heterocycles. The predicted octanol–water partition coefficient (Wildman–Crippen LogP) is 2.99. The summed E-state index contributed by atoms with van der Waals surface area (Å²) in [6.45, 7) is 2.51. The first-order chi connectivity index (χ1) is 13.8. The third-order valence-electron chi connectivity index (χ3n) is 4.76. The minimum atomic E-state index is -4.16. The Morgan fingerprint density at radius 2 is 2.07 bits per heavy atom. The predicted molar refractivity (Wildman–Crippen MR) is 106 cm³/mol. The molecule has 1 atom stereocenters. The van der Waals surface area contributed by atoms with E-state index < -0.39 is 12.7 Å². The molecule has 0 spiro atoms. The monoisotopic (exact) mass is 409 g/mol. The number of guanidine groups is 1. The number of nitrogens with zero attached hydrogens (tertiary/aromatic N) is 3. The number of oxazole rings is 1. The highest BCUT2D eigenvalue weighted by molar-refractivity contribution is 5.80. The van der Waals surface area contributed by atoms with Crippen LogP contribution in [-0.4, -0.2) is 61.3 Å². The van der Waals surface area contributed by atoms with E-state index in [1.54, 1.807) is 13.3 Å². The second kappa shape index (κ2) is 9.30. The molecule has 1 aliphatic heterocycles. The molecule has 1 aromatic heterocycles. The fourth-order valence-corrected chi connectivity index (χ4v) is 3.30. The van der Waals surface area contributed by atoms with Gasteiger partial charge in [0.1, 0.15) is 6.26 Å². The maximum absolute atomic E-state index is 12.5. The lowest BCUT2D eigenvalue weighted by Gasteiger charge is -2.19. The molecule has 0 bridgehead atoms. The molecule has 29 heavy (non-hydrogen) atoms. The molecule has 0 aliphatic carbocycles. The fourth-order valence-electron chi connectivity index (χ4n) is 3.30. The fraction of sp³-hybridized carbons (Fsp3) is 0.500. The van der Waals surface area contributed by atoms with Gasteiger partial charge < -0.3 is 15.1 Å². The number of hydrogen-bond donors (Lipinski definition) is 2. The number of alkyl halides is 3. The van der Waals surface area contributed by atoms with E-state index in [0.717, 1.165) is 11.3 Å². The van der Waals surface area contributed by atoms with E-state index in [2.05, 4.69) is 20.6 Å². The van der Waals surface area contributed by atoms with Crippen molar-refractivity contribution in [3.05, 3.63) is 41.8 Å². The van der Waals surface area contributed by atoms with Gasteiger partial charge in [0.05, 0.1) is 12.2 Å².